The first-order valence-corrected chi connectivity index (χ1v) is 11.4. The van der Waals surface area contributed by atoms with Crippen LogP contribution in [0.3, 0.4) is 0 Å². The number of benzene rings is 1. The third-order valence-corrected chi connectivity index (χ3v) is 5.11. The van der Waals surface area contributed by atoms with E-state index < -0.39 is 0 Å². The van der Waals surface area contributed by atoms with Crippen molar-refractivity contribution in [3.05, 3.63) is 45.9 Å². The number of anilines is 1. The molecule has 0 aliphatic rings. The van der Waals surface area contributed by atoms with Crippen LogP contribution in [0.25, 0.3) is 11.2 Å². The standard InChI is InChI=1S/C22H30N6O3.C2H6O/c1-3-4-14-31-21-25-19(23)18-20(26-21)28(22(30)24-18)15-17-9-7-16(8-10-17)6-5-11-27(2)12-13-29;1-3-2/h7-10,13H,3-6,11-12,14-15H2,1-2H3,(H,24,30)(H2,23,25,26);1-2H3. The molecule has 0 amide bonds. The summed E-state index contributed by atoms with van der Waals surface area (Å²) in [5.41, 5.74) is 8.77. The Hall–Kier alpha value is -3.24. The SMILES string of the molecule is CCCCOc1nc(N)c2[nH]c(=O)n(Cc3ccc(CCCN(C)CC=O)cc3)c2n1.COC. The molecule has 0 radical (unpaired) electrons. The Bertz CT molecular complexity index is 1080. The molecule has 0 fully saturated rings. The number of hydrogen-bond donors (Lipinski definition) is 2. The number of methoxy groups -OCH3 is 1. The number of H-pyrrole nitrogens is 1. The van der Waals surface area contributed by atoms with Crippen molar-refractivity contribution in [2.45, 2.75) is 39.2 Å². The van der Waals surface area contributed by atoms with Crippen LogP contribution in [-0.4, -0.2) is 71.7 Å². The average Bonchev–Trinajstić information content (AvgIpc) is 3.12. The zero-order chi connectivity index (χ0) is 24.9. The zero-order valence-electron chi connectivity index (χ0n) is 20.5. The van der Waals surface area contributed by atoms with Crippen molar-refractivity contribution >= 4 is 23.3 Å². The largest absolute Gasteiger partial charge is 0.463 e. The maximum Gasteiger partial charge on any atom is 0.328 e. The van der Waals surface area contributed by atoms with E-state index in [1.54, 1.807) is 18.8 Å². The van der Waals surface area contributed by atoms with Gasteiger partial charge in [-0.15, -0.1) is 0 Å². The normalized spacial score (nSPS) is 10.9. The van der Waals surface area contributed by atoms with Crippen molar-refractivity contribution in [1.29, 1.82) is 0 Å². The number of aromatic amines is 1. The highest BCUT2D eigenvalue weighted by atomic mass is 16.5. The lowest BCUT2D eigenvalue weighted by Crippen LogP contribution is -2.22. The topological polar surface area (TPSA) is 128 Å². The van der Waals surface area contributed by atoms with Crippen molar-refractivity contribution in [3.63, 3.8) is 0 Å². The number of aldehydes is 1. The van der Waals surface area contributed by atoms with Crippen molar-refractivity contribution in [2.75, 3.05) is 46.7 Å². The summed E-state index contributed by atoms with van der Waals surface area (Å²) in [5, 5.41) is 0. The van der Waals surface area contributed by atoms with E-state index in [9.17, 15) is 9.59 Å². The minimum absolute atomic E-state index is 0.182. The lowest BCUT2D eigenvalue weighted by Gasteiger charge is -2.12. The summed E-state index contributed by atoms with van der Waals surface area (Å²) in [4.78, 5) is 36.3. The van der Waals surface area contributed by atoms with Crippen LogP contribution >= 0.6 is 0 Å². The number of unbranched alkanes of at least 4 members (excludes halogenated alkanes) is 1. The lowest BCUT2D eigenvalue weighted by molar-refractivity contribution is -0.108. The monoisotopic (exact) mass is 472 g/mol. The smallest absolute Gasteiger partial charge is 0.328 e. The second kappa shape index (κ2) is 14.1. The Morgan fingerprint density at radius 1 is 1.15 bits per heavy atom. The summed E-state index contributed by atoms with van der Waals surface area (Å²) in [6.07, 6.45) is 4.71. The zero-order valence-corrected chi connectivity index (χ0v) is 20.5. The van der Waals surface area contributed by atoms with Crippen molar-refractivity contribution in [1.82, 2.24) is 24.4 Å². The van der Waals surface area contributed by atoms with Gasteiger partial charge in [-0.25, -0.2) is 4.79 Å². The van der Waals surface area contributed by atoms with Crippen LogP contribution in [-0.2, 0) is 22.5 Å². The summed E-state index contributed by atoms with van der Waals surface area (Å²) >= 11 is 0. The molecular weight excluding hydrogens is 436 g/mol. The van der Waals surface area contributed by atoms with E-state index >= 15 is 0 Å². The fraction of sp³-hybridized carbons (Fsp3) is 0.500. The van der Waals surface area contributed by atoms with Gasteiger partial charge in [0.25, 0.3) is 0 Å². The average molecular weight is 473 g/mol. The molecule has 3 N–H and O–H groups in total. The molecule has 0 saturated carbocycles. The van der Waals surface area contributed by atoms with E-state index in [2.05, 4.69) is 38.7 Å². The Kier molecular flexibility index (Phi) is 11.2. The maximum absolute atomic E-state index is 12.5. The van der Waals surface area contributed by atoms with Gasteiger partial charge in [-0.1, -0.05) is 37.6 Å². The number of likely N-dealkylation sites (N-methyl/N-ethyl adjacent to an activating group) is 1. The van der Waals surface area contributed by atoms with Crippen LogP contribution in [0.2, 0.25) is 0 Å². The van der Waals surface area contributed by atoms with Crippen LogP contribution in [0.4, 0.5) is 5.82 Å². The lowest BCUT2D eigenvalue weighted by atomic mass is 10.1. The number of ether oxygens (including phenoxy) is 2. The molecule has 0 atom stereocenters. The molecule has 3 rings (SSSR count). The third-order valence-electron chi connectivity index (χ3n) is 5.11. The molecule has 34 heavy (non-hydrogen) atoms. The first-order valence-electron chi connectivity index (χ1n) is 11.4. The van der Waals surface area contributed by atoms with Gasteiger partial charge in [0.2, 0.25) is 0 Å². The van der Waals surface area contributed by atoms with Crippen LogP contribution in [0.15, 0.2) is 29.1 Å². The molecule has 0 aliphatic heterocycles. The Labute approximate surface area is 200 Å². The number of fused-ring (bicyclic) bond motifs is 1. The summed E-state index contributed by atoms with van der Waals surface area (Å²) in [6, 6.07) is 8.34. The van der Waals surface area contributed by atoms with E-state index in [0.717, 1.165) is 44.1 Å². The van der Waals surface area contributed by atoms with E-state index in [1.165, 1.54) is 5.56 Å². The molecule has 0 bridgehead atoms. The second-order valence-electron chi connectivity index (χ2n) is 8.07. The number of nitrogen functional groups attached to an aromatic ring is 1. The molecular formula is C24H36N6O4. The van der Waals surface area contributed by atoms with Gasteiger partial charge < -0.3 is 25.0 Å². The number of nitrogens with one attached hydrogen (secondary N) is 1. The number of carbonyl (C=O) groups excluding carboxylic acids is 1. The molecule has 1 aromatic carbocycles. The number of imidazole rings is 1. The van der Waals surface area contributed by atoms with Gasteiger partial charge in [-0.05, 0) is 44.0 Å². The highest BCUT2D eigenvalue weighted by molar-refractivity contribution is 5.81. The predicted octanol–water partition coefficient (Wildman–Crippen LogP) is 2.25. The highest BCUT2D eigenvalue weighted by Crippen LogP contribution is 2.19. The third kappa shape index (κ3) is 7.96. The predicted molar refractivity (Wildman–Crippen MR) is 133 cm³/mol. The molecule has 0 saturated heterocycles. The van der Waals surface area contributed by atoms with Gasteiger partial charge in [0.15, 0.2) is 11.5 Å². The van der Waals surface area contributed by atoms with E-state index in [0.29, 0.717) is 30.9 Å². The number of aryl methyl sites for hydroxylation is 1. The molecule has 10 nitrogen and oxygen atoms in total. The Morgan fingerprint density at radius 3 is 2.47 bits per heavy atom. The van der Waals surface area contributed by atoms with Crippen molar-refractivity contribution < 1.29 is 14.3 Å². The number of rotatable bonds is 12. The first kappa shape index (κ1) is 27.0. The van der Waals surface area contributed by atoms with Crippen LogP contribution in [0.5, 0.6) is 6.01 Å². The second-order valence-corrected chi connectivity index (χ2v) is 8.07. The fourth-order valence-electron chi connectivity index (χ4n) is 3.32. The minimum Gasteiger partial charge on any atom is -0.463 e. The molecule has 186 valence electrons. The van der Waals surface area contributed by atoms with Gasteiger partial charge in [0.05, 0.1) is 19.7 Å². The Balaban J connectivity index is 0.00000129. The van der Waals surface area contributed by atoms with Crippen LogP contribution in [0.1, 0.15) is 37.3 Å². The number of nitrogens with two attached hydrogens (primary N) is 1. The van der Waals surface area contributed by atoms with Gasteiger partial charge in [0.1, 0.15) is 11.8 Å². The summed E-state index contributed by atoms with van der Waals surface area (Å²) in [6.45, 7) is 4.27. The molecule has 10 heteroatoms. The number of hydrogen-bond acceptors (Lipinski definition) is 8. The van der Waals surface area contributed by atoms with Crippen molar-refractivity contribution in [3.8, 4) is 6.01 Å². The number of nitrogens with zero attached hydrogens (tertiary/aromatic N) is 4. The summed E-state index contributed by atoms with van der Waals surface area (Å²) < 4.78 is 11.4. The van der Waals surface area contributed by atoms with E-state index in [-0.39, 0.29) is 17.5 Å². The van der Waals surface area contributed by atoms with Crippen LogP contribution in [0, 0.1) is 0 Å². The van der Waals surface area contributed by atoms with Crippen LogP contribution < -0.4 is 16.2 Å². The van der Waals surface area contributed by atoms with Gasteiger partial charge in [-0.2, -0.15) is 9.97 Å². The number of aromatic nitrogens is 4. The molecule has 0 unspecified atom stereocenters. The van der Waals surface area contributed by atoms with Gasteiger partial charge in [-0.3, -0.25) is 9.47 Å². The quantitative estimate of drug-likeness (QED) is 0.303. The minimum atomic E-state index is -0.288. The maximum atomic E-state index is 12.5. The summed E-state index contributed by atoms with van der Waals surface area (Å²) in [7, 11) is 5.19. The molecule has 0 aliphatic carbocycles. The molecule has 0 spiro atoms. The van der Waals surface area contributed by atoms with Gasteiger partial charge >= 0.3 is 11.7 Å². The first-order chi connectivity index (χ1) is 16.4. The van der Waals surface area contributed by atoms with E-state index in [1.807, 2.05) is 24.1 Å². The fourth-order valence-corrected chi connectivity index (χ4v) is 3.32. The number of carbonyl (C=O) groups is 1. The highest BCUT2D eigenvalue weighted by Gasteiger charge is 2.15. The molecule has 2 heterocycles. The molecule has 2 aromatic heterocycles. The Morgan fingerprint density at radius 2 is 1.82 bits per heavy atom. The molecule has 3 aromatic rings. The van der Waals surface area contributed by atoms with Gasteiger partial charge in [0, 0.05) is 14.2 Å². The van der Waals surface area contributed by atoms with Crippen molar-refractivity contribution in [2.24, 2.45) is 0 Å². The van der Waals surface area contributed by atoms with E-state index in [4.69, 9.17) is 10.5 Å². The summed E-state index contributed by atoms with van der Waals surface area (Å²) in [5.74, 6) is 0.197.